The summed E-state index contributed by atoms with van der Waals surface area (Å²) in [7, 11) is 0. The summed E-state index contributed by atoms with van der Waals surface area (Å²) < 4.78 is 0. The van der Waals surface area contributed by atoms with Crippen LogP contribution >= 0.6 is 22.7 Å². The Kier molecular flexibility index (Phi) is 4.03. The molecule has 6 heteroatoms. The second kappa shape index (κ2) is 5.40. The van der Waals surface area contributed by atoms with E-state index in [1.54, 1.807) is 6.92 Å². The van der Waals surface area contributed by atoms with Crippen LogP contribution in [0.2, 0.25) is 0 Å². The van der Waals surface area contributed by atoms with Crippen molar-refractivity contribution in [1.29, 1.82) is 0 Å². The molecule has 0 spiro atoms. The van der Waals surface area contributed by atoms with E-state index in [1.807, 2.05) is 30.7 Å². The fourth-order valence-electron chi connectivity index (χ4n) is 1.75. The van der Waals surface area contributed by atoms with Gasteiger partial charge in [-0.05, 0) is 43.2 Å². The van der Waals surface area contributed by atoms with Gasteiger partial charge in [0.15, 0.2) is 0 Å². The molecule has 0 saturated heterocycles. The quantitative estimate of drug-likeness (QED) is 0.911. The third-order valence-electron chi connectivity index (χ3n) is 2.85. The summed E-state index contributed by atoms with van der Waals surface area (Å²) in [6, 6.07) is 1.86. The fourth-order valence-corrected chi connectivity index (χ4v) is 3.37. The van der Waals surface area contributed by atoms with Crippen molar-refractivity contribution >= 4 is 28.6 Å². The van der Waals surface area contributed by atoms with Gasteiger partial charge in [0.1, 0.15) is 10.5 Å². The molecule has 102 valence electrons. The van der Waals surface area contributed by atoms with Crippen LogP contribution < -0.4 is 5.32 Å². The molecule has 0 fully saturated rings. The van der Waals surface area contributed by atoms with E-state index in [-0.39, 0.29) is 12.5 Å². The van der Waals surface area contributed by atoms with E-state index in [0.29, 0.717) is 4.88 Å². The van der Waals surface area contributed by atoms with E-state index < -0.39 is 5.60 Å². The van der Waals surface area contributed by atoms with Gasteiger partial charge in [-0.1, -0.05) is 0 Å². The van der Waals surface area contributed by atoms with Gasteiger partial charge in [0.2, 0.25) is 0 Å². The van der Waals surface area contributed by atoms with E-state index >= 15 is 0 Å². The summed E-state index contributed by atoms with van der Waals surface area (Å²) in [6.07, 6.45) is 0. The van der Waals surface area contributed by atoms with Crippen LogP contribution in [0.5, 0.6) is 0 Å². The normalized spacial score (nSPS) is 14.1. The Morgan fingerprint density at radius 2 is 2.26 bits per heavy atom. The molecule has 0 bridgehead atoms. The van der Waals surface area contributed by atoms with Gasteiger partial charge in [-0.25, -0.2) is 4.98 Å². The number of carbonyl (C=O) groups excluding carboxylic acids is 1. The lowest BCUT2D eigenvalue weighted by atomic mass is 9.99. The second-order valence-corrected chi connectivity index (χ2v) is 6.60. The van der Waals surface area contributed by atoms with Crippen LogP contribution in [0.15, 0.2) is 16.8 Å². The Labute approximate surface area is 120 Å². The summed E-state index contributed by atoms with van der Waals surface area (Å²) in [4.78, 5) is 16.9. The molecular formula is C13H16N2O2S2. The maximum atomic E-state index is 12.0. The lowest BCUT2D eigenvalue weighted by Crippen LogP contribution is -2.38. The minimum atomic E-state index is -1.05. The molecule has 2 heterocycles. The molecule has 2 rings (SSSR count). The fraction of sp³-hybridized carbons (Fsp3) is 0.385. The van der Waals surface area contributed by atoms with Crippen LogP contribution in [0.3, 0.4) is 0 Å². The molecule has 0 aliphatic heterocycles. The first-order chi connectivity index (χ1) is 8.90. The Balaban J connectivity index is 2.03. The minimum Gasteiger partial charge on any atom is -0.384 e. The Hall–Kier alpha value is -1.24. The standard InChI is InChI=1S/C13H16N2O2S2/c1-8-11(19-9(2)15-8)12(16)14-7-13(3,17)10-4-5-18-6-10/h4-6,17H,7H2,1-3H3,(H,14,16). The third kappa shape index (κ3) is 3.20. The topological polar surface area (TPSA) is 62.2 Å². The molecule has 1 amide bonds. The van der Waals surface area contributed by atoms with Crippen LogP contribution in [-0.4, -0.2) is 22.5 Å². The molecule has 2 N–H and O–H groups in total. The maximum absolute atomic E-state index is 12.0. The van der Waals surface area contributed by atoms with Crippen molar-refractivity contribution in [3.8, 4) is 0 Å². The van der Waals surface area contributed by atoms with Crippen molar-refractivity contribution in [2.24, 2.45) is 0 Å². The van der Waals surface area contributed by atoms with Crippen molar-refractivity contribution in [1.82, 2.24) is 10.3 Å². The summed E-state index contributed by atoms with van der Waals surface area (Å²) in [5.74, 6) is -0.182. The van der Waals surface area contributed by atoms with E-state index in [0.717, 1.165) is 16.3 Å². The number of nitrogens with zero attached hydrogens (tertiary/aromatic N) is 1. The number of aryl methyl sites for hydroxylation is 2. The van der Waals surface area contributed by atoms with E-state index in [4.69, 9.17) is 0 Å². The van der Waals surface area contributed by atoms with Gasteiger partial charge in [-0.3, -0.25) is 4.79 Å². The van der Waals surface area contributed by atoms with Crippen molar-refractivity contribution in [2.45, 2.75) is 26.4 Å². The average Bonchev–Trinajstić information content (AvgIpc) is 2.96. The molecule has 19 heavy (non-hydrogen) atoms. The van der Waals surface area contributed by atoms with Crippen LogP contribution in [0.1, 0.15) is 32.9 Å². The van der Waals surface area contributed by atoms with E-state index in [9.17, 15) is 9.90 Å². The first-order valence-electron chi connectivity index (χ1n) is 5.87. The first kappa shape index (κ1) is 14.2. The number of rotatable bonds is 4. The summed E-state index contributed by atoms with van der Waals surface area (Å²) in [5.41, 5.74) is 0.494. The first-order valence-corrected chi connectivity index (χ1v) is 7.63. The number of aromatic nitrogens is 1. The smallest absolute Gasteiger partial charge is 0.263 e. The summed E-state index contributed by atoms with van der Waals surface area (Å²) >= 11 is 2.89. The van der Waals surface area contributed by atoms with Gasteiger partial charge in [-0.15, -0.1) is 11.3 Å². The largest absolute Gasteiger partial charge is 0.384 e. The molecule has 0 aromatic carbocycles. The van der Waals surface area contributed by atoms with Crippen LogP contribution in [-0.2, 0) is 5.60 Å². The lowest BCUT2D eigenvalue weighted by molar-refractivity contribution is 0.0531. The Morgan fingerprint density at radius 3 is 2.79 bits per heavy atom. The second-order valence-electron chi connectivity index (χ2n) is 4.62. The Morgan fingerprint density at radius 1 is 1.53 bits per heavy atom. The zero-order valence-corrected chi connectivity index (χ0v) is 12.7. The molecule has 1 unspecified atom stereocenters. The highest BCUT2D eigenvalue weighted by molar-refractivity contribution is 7.13. The molecule has 2 aromatic heterocycles. The van der Waals surface area contributed by atoms with Gasteiger partial charge >= 0.3 is 0 Å². The van der Waals surface area contributed by atoms with Crippen LogP contribution in [0.4, 0.5) is 0 Å². The highest BCUT2D eigenvalue weighted by atomic mass is 32.1. The zero-order valence-electron chi connectivity index (χ0n) is 11.1. The molecule has 0 radical (unpaired) electrons. The monoisotopic (exact) mass is 296 g/mol. The maximum Gasteiger partial charge on any atom is 0.263 e. The minimum absolute atomic E-state index is 0.180. The van der Waals surface area contributed by atoms with Crippen LogP contribution in [0.25, 0.3) is 0 Å². The number of aliphatic hydroxyl groups is 1. The van der Waals surface area contributed by atoms with Gasteiger partial charge in [0.25, 0.3) is 5.91 Å². The average molecular weight is 296 g/mol. The van der Waals surface area contributed by atoms with Crippen molar-refractivity contribution in [3.63, 3.8) is 0 Å². The molecule has 0 aliphatic carbocycles. The van der Waals surface area contributed by atoms with Crippen molar-refractivity contribution in [2.75, 3.05) is 6.54 Å². The van der Waals surface area contributed by atoms with Crippen molar-refractivity contribution in [3.05, 3.63) is 38.0 Å². The van der Waals surface area contributed by atoms with Crippen LogP contribution in [0, 0.1) is 13.8 Å². The van der Waals surface area contributed by atoms with Crippen molar-refractivity contribution < 1.29 is 9.90 Å². The molecule has 0 aliphatic rings. The number of hydrogen-bond donors (Lipinski definition) is 2. The molecular weight excluding hydrogens is 280 g/mol. The predicted octanol–water partition coefficient (Wildman–Crippen LogP) is 2.46. The predicted molar refractivity (Wildman–Crippen MR) is 77.8 cm³/mol. The van der Waals surface area contributed by atoms with Gasteiger partial charge < -0.3 is 10.4 Å². The number of thiazole rings is 1. The van der Waals surface area contributed by atoms with Gasteiger partial charge in [0, 0.05) is 0 Å². The van der Waals surface area contributed by atoms with Gasteiger partial charge in [-0.2, -0.15) is 11.3 Å². The highest BCUT2D eigenvalue weighted by Gasteiger charge is 2.25. The third-order valence-corrected chi connectivity index (χ3v) is 4.60. The van der Waals surface area contributed by atoms with E-state index in [2.05, 4.69) is 10.3 Å². The highest BCUT2D eigenvalue weighted by Crippen LogP contribution is 2.23. The molecule has 2 aromatic rings. The number of carbonyl (C=O) groups is 1. The SMILES string of the molecule is Cc1nc(C)c(C(=O)NCC(C)(O)c2ccsc2)s1. The van der Waals surface area contributed by atoms with Gasteiger partial charge in [0.05, 0.1) is 17.2 Å². The summed E-state index contributed by atoms with van der Waals surface area (Å²) in [6.45, 7) is 5.56. The summed E-state index contributed by atoms with van der Waals surface area (Å²) in [5, 5.41) is 17.7. The van der Waals surface area contributed by atoms with E-state index in [1.165, 1.54) is 22.7 Å². The zero-order chi connectivity index (χ0) is 14.0. The number of nitrogens with one attached hydrogen (secondary N) is 1. The number of hydrogen-bond acceptors (Lipinski definition) is 5. The number of thiophene rings is 1. The number of amides is 1. The molecule has 4 nitrogen and oxygen atoms in total. The molecule has 0 saturated carbocycles. The lowest BCUT2D eigenvalue weighted by Gasteiger charge is -2.22. The Bertz CT molecular complexity index is 573. The molecule has 1 atom stereocenters.